The summed E-state index contributed by atoms with van der Waals surface area (Å²) in [6.45, 7) is 0. The number of nitrogens with zero attached hydrogens (tertiary/aromatic N) is 1. The number of phenols is 1. The summed E-state index contributed by atoms with van der Waals surface area (Å²) in [4.78, 5) is 15.7. The molecule has 0 spiro atoms. The van der Waals surface area contributed by atoms with Gasteiger partial charge in [0.25, 0.3) is 0 Å². The van der Waals surface area contributed by atoms with Gasteiger partial charge in [0.2, 0.25) is 0 Å². The van der Waals surface area contributed by atoms with E-state index in [1.165, 1.54) is 12.7 Å². The highest BCUT2D eigenvalue weighted by molar-refractivity contribution is 6.01. The van der Waals surface area contributed by atoms with E-state index in [1.54, 1.807) is 12.1 Å². The molecule has 6 heteroatoms. The van der Waals surface area contributed by atoms with Crippen molar-refractivity contribution in [2.24, 2.45) is 0 Å². The summed E-state index contributed by atoms with van der Waals surface area (Å²) in [5.41, 5.74) is 6.71. The van der Waals surface area contributed by atoms with Gasteiger partial charge in [-0.3, -0.25) is 4.79 Å². The van der Waals surface area contributed by atoms with E-state index in [9.17, 15) is 9.90 Å². The molecule has 2 aliphatic rings. The van der Waals surface area contributed by atoms with E-state index >= 15 is 0 Å². The Morgan fingerprint density at radius 1 is 0.941 bits per heavy atom. The maximum Gasteiger partial charge on any atom is 0.163 e. The first-order valence-electron chi connectivity index (χ1n) is 11.5. The average Bonchev–Trinajstić information content (AvgIpc) is 3.01. The number of nitrogens with one attached hydrogen (secondary N) is 2. The summed E-state index contributed by atoms with van der Waals surface area (Å²) in [7, 11) is 5.57. The Balaban J connectivity index is 1.57. The molecule has 1 heterocycles. The number of ketones is 1. The van der Waals surface area contributed by atoms with Crippen LogP contribution in [0.4, 0.5) is 17.1 Å². The van der Waals surface area contributed by atoms with Crippen LogP contribution in [0.25, 0.3) is 0 Å². The number of Topliss-reactive ketones (excluding diaryl/α,β-unsaturated/α-hetero) is 1. The zero-order valence-electron chi connectivity index (χ0n) is 19.6. The van der Waals surface area contributed by atoms with Crippen LogP contribution < -0.4 is 20.3 Å². The van der Waals surface area contributed by atoms with Crippen molar-refractivity contribution < 1.29 is 14.6 Å². The van der Waals surface area contributed by atoms with Gasteiger partial charge in [-0.2, -0.15) is 0 Å². The normalized spacial score (nSPS) is 19.3. The Bertz CT molecular complexity index is 1260. The maximum atomic E-state index is 13.7. The van der Waals surface area contributed by atoms with Crippen LogP contribution in [0.3, 0.4) is 0 Å². The van der Waals surface area contributed by atoms with Gasteiger partial charge in [-0.05, 0) is 59.9 Å². The summed E-state index contributed by atoms with van der Waals surface area (Å²) < 4.78 is 5.34. The first-order chi connectivity index (χ1) is 16.4. The van der Waals surface area contributed by atoms with Gasteiger partial charge in [0, 0.05) is 37.5 Å². The molecule has 5 rings (SSSR count). The second-order valence-corrected chi connectivity index (χ2v) is 9.09. The van der Waals surface area contributed by atoms with Crippen molar-refractivity contribution in [1.29, 1.82) is 0 Å². The van der Waals surface area contributed by atoms with Gasteiger partial charge in [-0.1, -0.05) is 30.3 Å². The van der Waals surface area contributed by atoms with Crippen molar-refractivity contribution in [2.45, 2.75) is 24.8 Å². The average molecular weight is 456 g/mol. The van der Waals surface area contributed by atoms with E-state index in [-0.39, 0.29) is 23.5 Å². The SMILES string of the molecule is COc1cc(C2Nc3ccccc3NC3=C2C(=O)CC(c2ccc(N(C)C)cc2)C3)ccc1O. The number of carbonyl (C=O) groups is 1. The van der Waals surface area contributed by atoms with Crippen molar-refractivity contribution in [3.8, 4) is 11.5 Å². The fraction of sp³-hybridized carbons (Fsp3) is 0.250. The monoisotopic (exact) mass is 455 g/mol. The zero-order valence-corrected chi connectivity index (χ0v) is 19.6. The van der Waals surface area contributed by atoms with Gasteiger partial charge < -0.3 is 25.4 Å². The topological polar surface area (TPSA) is 73.8 Å². The molecule has 0 bridgehead atoms. The molecule has 0 amide bonds. The van der Waals surface area contributed by atoms with Crippen LogP contribution in [0.2, 0.25) is 0 Å². The summed E-state index contributed by atoms with van der Waals surface area (Å²) in [6.07, 6.45) is 1.19. The van der Waals surface area contributed by atoms with Gasteiger partial charge in [0.15, 0.2) is 17.3 Å². The van der Waals surface area contributed by atoms with Crippen LogP contribution in [0, 0.1) is 0 Å². The molecule has 174 valence electrons. The number of rotatable bonds is 4. The number of hydrogen-bond donors (Lipinski definition) is 3. The van der Waals surface area contributed by atoms with Crippen molar-refractivity contribution in [2.75, 3.05) is 36.7 Å². The molecule has 0 fully saturated rings. The predicted molar refractivity (Wildman–Crippen MR) is 136 cm³/mol. The van der Waals surface area contributed by atoms with E-state index in [4.69, 9.17) is 4.74 Å². The number of benzene rings is 3. The molecule has 2 unspecified atom stereocenters. The minimum Gasteiger partial charge on any atom is -0.504 e. The molecule has 0 saturated carbocycles. The quantitative estimate of drug-likeness (QED) is 0.486. The van der Waals surface area contributed by atoms with E-state index in [2.05, 4.69) is 39.8 Å². The lowest BCUT2D eigenvalue weighted by Gasteiger charge is -2.30. The third-order valence-electron chi connectivity index (χ3n) is 6.73. The van der Waals surface area contributed by atoms with Crippen molar-refractivity contribution >= 4 is 22.8 Å². The standard InChI is InChI=1S/C28H29N3O3/c1-31(2)20-11-8-17(9-12-20)19-14-23-27(25(33)15-19)28(18-10-13-24(32)26(16-18)34-3)30-22-7-5-4-6-21(22)29-23/h4-13,16,19,28-30,32H,14-15H2,1-3H3. The summed E-state index contributed by atoms with van der Waals surface area (Å²) in [6, 6.07) is 21.3. The zero-order chi connectivity index (χ0) is 23.8. The fourth-order valence-electron chi connectivity index (χ4n) is 4.90. The Hall–Kier alpha value is -3.93. The molecule has 0 aromatic heterocycles. The van der Waals surface area contributed by atoms with E-state index in [0.717, 1.165) is 40.3 Å². The second-order valence-electron chi connectivity index (χ2n) is 9.09. The molecule has 0 saturated heterocycles. The molecule has 1 aliphatic carbocycles. The van der Waals surface area contributed by atoms with Gasteiger partial charge in [-0.15, -0.1) is 0 Å². The van der Waals surface area contributed by atoms with E-state index in [0.29, 0.717) is 12.2 Å². The number of para-hydroxylation sites is 2. The molecule has 34 heavy (non-hydrogen) atoms. The van der Waals surface area contributed by atoms with Crippen LogP contribution >= 0.6 is 0 Å². The predicted octanol–water partition coefficient (Wildman–Crippen LogP) is 5.45. The number of methoxy groups -OCH3 is 1. The van der Waals surface area contributed by atoms with Crippen LogP contribution in [0.5, 0.6) is 11.5 Å². The third-order valence-corrected chi connectivity index (χ3v) is 6.73. The third kappa shape index (κ3) is 3.96. The van der Waals surface area contributed by atoms with Crippen molar-refractivity contribution in [1.82, 2.24) is 0 Å². The largest absolute Gasteiger partial charge is 0.504 e. The highest BCUT2D eigenvalue weighted by Gasteiger charge is 2.36. The fourth-order valence-corrected chi connectivity index (χ4v) is 4.90. The molecule has 3 aromatic carbocycles. The molecular formula is C28H29N3O3. The lowest BCUT2D eigenvalue weighted by molar-refractivity contribution is -0.116. The molecule has 3 N–H and O–H groups in total. The van der Waals surface area contributed by atoms with Crippen molar-refractivity contribution in [3.05, 3.63) is 89.1 Å². The number of carbonyl (C=O) groups excluding carboxylic acids is 1. The first-order valence-corrected chi connectivity index (χ1v) is 11.5. The molecule has 3 aromatic rings. The molecular weight excluding hydrogens is 426 g/mol. The van der Waals surface area contributed by atoms with Gasteiger partial charge in [0.1, 0.15) is 0 Å². The number of allylic oxidation sites excluding steroid dienone is 1. The molecule has 6 nitrogen and oxygen atoms in total. The lowest BCUT2D eigenvalue weighted by atomic mass is 9.78. The van der Waals surface area contributed by atoms with Gasteiger partial charge in [-0.25, -0.2) is 0 Å². The number of fused-ring (bicyclic) bond motifs is 1. The minimum atomic E-state index is -0.356. The lowest BCUT2D eigenvalue weighted by Crippen LogP contribution is -2.27. The van der Waals surface area contributed by atoms with E-state index < -0.39 is 0 Å². The Morgan fingerprint density at radius 2 is 1.65 bits per heavy atom. The minimum absolute atomic E-state index is 0.0730. The Morgan fingerprint density at radius 3 is 2.35 bits per heavy atom. The maximum absolute atomic E-state index is 13.7. The van der Waals surface area contributed by atoms with Crippen LogP contribution in [-0.4, -0.2) is 32.1 Å². The summed E-state index contributed by atoms with van der Waals surface area (Å²) in [5.74, 6) is 0.681. The van der Waals surface area contributed by atoms with Crippen molar-refractivity contribution in [3.63, 3.8) is 0 Å². The summed E-state index contributed by atoms with van der Waals surface area (Å²) in [5, 5.41) is 17.2. The summed E-state index contributed by atoms with van der Waals surface area (Å²) >= 11 is 0. The van der Waals surface area contributed by atoms with Crippen LogP contribution in [0.15, 0.2) is 78.0 Å². The Labute approximate surface area is 199 Å². The second kappa shape index (κ2) is 8.78. The van der Waals surface area contributed by atoms with Gasteiger partial charge in [0.05, 0.1) is 24.5 Å². The van der Waals surface area contributed by atoms with Crippen LogP contribution in [0.1, 0.15) is 35.9 Å². The Kier molecular flexibility index (Phi) is 5.65. The van der Waals surface area contributed by atoms with E-state index in [1.807, 2.05) is 44.4 Å². The smallest absolute Gasteiger partial charge is 0.163 e. The highest BCUT2D eigenvalue weighted by atomic mass is 16.5. The van der Waals surface area contributed by atoms with Gasteiger partial charge >= 0.3 is 0 Å². The molecule has 0 radical (unpaired) electrons. The highest BCUT2D eigenvalue weighted by Crippen LogP contribution is 2.45. The number of phenolic OH excluding ortho intramolecular Hbond substituents is 1. The molecule has 1 aliphatic heterocycles. The number of hydrogen-bond acceptors (Lipinski definition) is 6. The number of anilines is 3. The number of ether oxygens (including phenoxy) is 1. The first kappa shape index (κ1) is 21.9. The molecule has 2 atom stereocenters. The van der Waals surface area contributed by atoms with Crippen LogP contribution in [-0.2, 0) is 4.79 Å². The number of aromatic hydroxyl groups is 1.